The van der Waals surface area contributed by atoms with Gasteiger partial charge in [0.15, 0.2) is 0 Å². The lowest BCUT2D eigenvalue weighted by molar-refractivity contribution is 0.141. The lowest BCUT2D eigenvalue weighted by Gasteiger charge is -2.20. The van der Waals surface area contributed by atoms with E-state index in [1.165, 1.54) is 51.4 Å². The fourth-order valence-electron chi connectivity index (χ4n) is 2.99. The van der Waals surface area contributed by atoms with E-state index in [2.05, 4.69) is 29.8 Å². The Morgan fingerprint density at radius 3 is 2.29 bits per heavy atom. The molecule has 0 aliphatic rings. The maximum atomic E-state index is 10.3. The first-order valence-corrected chi connectivity index (χ1v) is 10.5. The number of halogens is 1. The third-order valence-corrected chi connectivity index (χ3v) is 5.23. The third-order valence-electron chi connectivity index (χ3n) is 4.46. The summed E-state index contributed by atoms with van der Waals surface area (Å²) >= 11 is 3.54. The quantitative estimate of drug-likeness (QED) is 0.293. The van der Waals surface area contributed by atoms with Gasteiger partial charge >= 0.3 is 7.12 Å². The van der Waals surface area contributed by atoms with Gasteiger partial charge in [0.05, 0.1) is 0 Å². The Morgan fingerprint density at radius 1 is 0.958 bits per heavy atom. The van der Waals surface area contributed by atoms with E-state index in [4.69, 9.17) is 4.65 Å². The van der Waals surface area contributed by atoms with Crippen molar-refractivity contribution in [1.29, 1.82) is 0 Å². The Balaban J connectivity index is 2.36. The normalized spacial score (nSPS) is 12.3. The van der Waals surface area contributed by atoms with Crippen molar-refractivity contribution in [2.75, 3.05) is 0 Å². The van der Waals surface area contributed by atoms with Gasteiger partial charge in [0.1, 0.15) is 0 Å². The van der Waals surface area contributed by atoms with Crippen LogP contribution in [-0.4, -0.2) is 18.2 Å². The van der Waals surface area contributed by atoms with E-state index in [0.717, 1.165) is 22.9 Å². The molecule has 0 aromatic heterocycles. The molecule has 0 aliphatic heterocycles. The second-order valence-corrected chi connectivity index (χ2v) is 7.56. The van der Waals surface area contributed by atoms with E-state index in [1.807, 2.05) is 24.3 Å². The Kier molecular flexibility index (Phi) is 12.6. The molecular weight excluding hydrogens is 363 g/mol. The van der Waals surface area contributed by atoms with Gasteiger partial charge in [-0.2, -0.15) is 0 Å². The second-order valence-electron chi connectivity index (χ2n) is 6.71. The molecule has 1 N–H and O–H groups in total. The van der Waals surface area contributed by atoms with Crippen molar-refractivity contribution >= 4 is 23.0 Å². The topological polar surface area (TPSA) is 29.5 Å². The van der Waals surface area contributed by atoms with Crippen molar-refractivity contribution in [2.45, 2.75) is 90.5 Å². The molecule has 24 heavy (non-hydrogen) atoms. The lowest BCUT2D eigenvalue weighted by Crippen LogP contribution is -2.28. The molecule has 0 fully saturated rings. The molecule has 0 amide bonds. The van der Waals surface area contributed by atoms with Gasteiger partial charge in [-0.25, -0.2) is 0 Å². The van der Waals surface area contributed by atoms with Gasteiger partial charge in [-0.3, -0.25) is 0 Å². The van der Waals surface area contributed by atoms with Crippen LogP contribution in [0.3, 0.4) is 0 Å². The van der Waals surface area contributed by atoms with E-state index < -0.39 is 7.12 Å². The van der Waals surface area contributed by atoms with Gasteiger partial charge in [-0.1, -0.05) is 99.3 Å². The van der Waals surface area contributed by atoms with Gasteiger partial charge in [-0.15, -0.1) is 0 Å². The Hall–Kier alpha value is -0.315. The summed E-state index contributed by atoms with van der Waals surface area (Å²) in [6.45, 7) is 4.46. The minimum absolute atomic E-state index is 0.189. The van der Waals surface area contributed by atoms with Crippen LogP contribution in [0.25, 0.3) is 0 Å². The molecule has 0 radical (unpaired) electrons. The summed E-state index contributed by atoms with van der Waals surface area (Å²) in [6, 6.07) is 8.03. The third kappa shape index (κ3) is 9.85. The maximum Gasteiger partial charge on any atom is 0.459 e. The number of rotatable bonds is 14. The molecule has 0 saturated heterocycles. The van der Waals surface area contributed by atoms with Gasteiger partial charge in [-0.05, 0) is 24.5 Å². The molecule has 1 rings (SSSR count). The van der Waals surface area contributed by atoms with Crippen molar-refractivity contribution in [3.05, 3.63) is 34.3 Å². The van der Waals surface area contributed by atoms with Crippen LogP contribution in [0, 0.1) is 0 Å². The average Bonchev–Trinajstić information content (AvgIpc) is 2.57. The molecule has 0 bridgehead atoms. The summed E-state index contributed by atoms with van der Waals surface area (Å²) in [5, 5.41) is 10.3. The molecule has 1 unspecified atom stereocenters. The largest absolute Gasteiger partial charge is 0.459 e. The molecule has 2 nitrogen and oxygen atoms in total. The van der Waals surface area contributed by atoms with Crippen LogP contribution in [0.2, 0.25) is 0 Å². The summed E-state index contributed by atoms with van der Waals surface area (Å²) < 4.78 is 7.01. The highest BCUT2D eigenvalue weighted by Gasteiger charge is 2.20. The van der Waals surface area contributed by atoms with E-state index >= 15 is 0 Å². The van der Waals surface area contributed by atoms with Gasteiger partial charge in [0.25, 0.3) is 0 Å². The lowest BCUT2D eigenvalue weighted by atomic mass is 9.80. The molecule has 0 saturated carbocycles. The predicted octanol–water partition coefficient (Wildman–Crippen LogP) is 6.34. The smallest absolute Gasteiger partial charge is 0.427 e. The molecule has 0 heterocycles. The van der Waals surface area contributed by atoms with E-state index in [-0.39, 0.29) is 6.10 Å². The molecule has 1 atom stereocenters. The summed E-state index contributed by atoms with van der Waals surface area (Å²) in [5.41, 5.74) is 1.10. The second kappa shape index (κ2) is 13.9. The molecule has 0 aliphatic carbocycles. The summed E-state index contributed by atoms with van der Waals surface area (Å²) in [5.74, 6) is 0. The fourth-order valence-corrected chi connectivity index (χ4v) is 3.43. The van der Waals surface area contributed by atoms with Crippen molar-refractivity contribution in [2.24, 2.45) is 0 Å². The van der Waals surface area contributed by atoms with Gasteiger partial charge < -0.3 is 9.68 Å². The van der Waals surface area contributed by atoms with E-state index in [0.29, 0.717) is 6.32 Å². The monoisotopic (exact) mass is 396 g/mol. The molecule has 0 spiro atoms. The molecule has 1 aromatic rings. The molecule has 1 aromatic carbocycles. The Labute approximate surface area is 157 Å². The fraction of sp³-hybridized carbons (Fsp3) is 0.700. The Morgan fingerprint density at radius 2 is 1.58 bits per heavy atom. The summed E-state index contributed by atoms with van der Waals surface area (Å²) in [7, 11) is -0.717. The van der Waals surface area contributed by atoms with Crippen LogP contribution in [-0.2, 0) is 11.0 Å². The number of unbranched alkanes of at least 4 members (excludes halogenated alkanes) is 6. The number of hydrogen-bond acceptors (Lipinski definition) is 2. The van der Waals surface area contributed by atoms with Crippen LogP contribution in [0.4, 0.5) is 0 Å². The Bertz CT molecular complexity index is 428. The van der Waals surface area contributed by atoms with Crippen LogP contribution >= 0.6 is 15.9 Å². The van der Waals surface area contributed by atoms with Crippen molar-refractivity contribution < 1.29 is 9.68 Å². The number of benzene rings is 1. The van der Waals surface area contributed by atoms with Gasteiger partial charge in [0, 0.05) is 16.9 Å². The highest BCUT2D eigenvalue weighted by atomic mass is 79.9. The van der Waals surface area contributed by atoms with Crippen LogP contribution in [0.1, 0.15) is 83.6 Å². The first kappa shape index (κ1) is 21.7. The first-order chi connectivity index (χ1) is 11.7. The minimum Gasteiger partial charge on any atom is -0.427 e. The van der Waals surface area contributed by atoms with Crippen LogP contribution in [0.5, 0.6) is 0 Å². The average molecular weight is 397 g/mol. The van der Waals surface area contributed by atoms with Crippen molar-refractivity contribution in [3.8, 4) is 0 Å². The summed E-state index contributed by atoms with van der Waals surface area (Å²) in [6.07, 6.45) is 13.0. The highest BCUT2D eigenvalue weighted by molar-refractivity contribution is 9.10. The van der Waals surface area contributed by atoms with E-state index in [9.17, 15) is 5.02 Å². The standard InChI is InChI=1S/C20H34BBrO2/c1-3-5-7-8-9-10-15-19(14-6-4-2)24-21(23)17-18-13-11-12-16-20(18)22/h11-13,16,19,23H,3-10,14-15,17H2,1-2H3. The van der Waals surface area contributed by atoms with Crippen LogP contribution < -0.4 is 0 Å². The minimum atomic E-state index is -0.717. The van der Waals surface area contributed by atoms with Crippen molar-refractivity contribution in [1.82, 2.24) is 0 Å². The first-order valence-electron chi connectivity index (χ1n) is 9.74. The SMILES string of the molecule is CCCCCCCCC(CCCC)OB(O)Cc1ccccc1Br. The molecule has 4 heteroatoms. The zero-order valence-corrected chi connectivity index (χ0v) is 17.1. The zero-order valence-electron chi connectivity index (χ0n) is 15.5. The van der Waals surface area contributed by atoms with Crippen molar-refractivity contribution in [3.63, 3.8) is 0 Å². The zero-order chi connectivity index (χ0) is 17.6. The highest BCUT2D eigenvalue weighted by Crippen LogP contribution is 2.19. The van der Waals surface area contributed by atoms with E-state index in [1.54, 1.807) is 0 Å². The molecular formula is C20H34BBrO2. The molecule has 136 valence electrons. The maximum absolute atomic E-state index is 10.3. The predicted molar refractivity (Wildman–Crippen MR) is 108 cm³/mol. The van der Waals surface area contributed by atoms with Gasteiger partial charge in [0.2, 0.25) is 0 Å². The van der Waals surface area contributed by atoms with Crippen LogP contribution in [0.15, 0.2) is 28.7 Å². The number of hydrogen-bond donors (Lipinski definition) is 1. The summed E-state index contributed by atoms with van der Waals surface area (Å²) in [4.78, 5) is 0.